The van der Waals surface area contributed by atoms with Crippen LogP contribution in [0.4, 0.5) is 0 Å². The standard InChI is InChI=1S/C26H30N4O3/c1-32-16-15-29-11-13-30(14-12-29)26(31)19-5-3-18(4-6-19)24-23-9-7-20-17-21(33-2)8-10-22(20)25(23)28-27-24/h3-6,8,10,17H,7,9,11-16H2,1-2H3,(H,27,28). The lowest BCUT2D eigenvalue weighted by molar-refractivity contribution is 0.0594. The van der Waals surface area contributed by atoms with Gasteiger partial charge in [-0.25, -0.2) is 0 Å². The molecule has 0 saturated carbocycles. The monoisotopic (exact) mass is 446 g/mol. The average molecular weight is 447 g/mol. The second kappa shape index (κ2) is 9.37. The summed E-state index contributed by atoms with van der Waals surface area (Å²) < 4.78 is 10.5. The molecular weight excluding hydrogens is 416 g/mol. The summed E-state index contributed by atoms with van der Waals surface area (Å²) in [7, 11) is 3.42. The molecule has 33 heavy (non-hydrogen) atoms. The summed E-state index contributed by atoms with van der Waals surface area (Å²) >= 11 is 0. The molecule has 1 aromatic heterocycles. The van der Waals surface area contributed by atoms with E-state index < -0.39 is 0 Å². The first-order chi connectivity index (χ1) is 16.2. The van der Waals surface area contributed by atoms with Gasteiger partial charge >= 0.3 is 0 Å². The predicted octanol–water partition coefficient (Wildman–Crippen LogP) is 3.26. The first kappa shape index (κ1) is 21.7. The number of carbonyl (C=O) groups excluding carboxylic acids is 1. The maximum absolute atomic E-state index is 13.0. The molecule has 1 amide bonds. The molecule has 1 aliphatic heterocycles. The molecule has 172 valence electrons. The van der Waals surface area contributed by atoms with Gasteiger partial charge in [-0.15, -0.1) is 0 Å². The molecule has 0 unspecified atom stereocenters. The minimum Gasteiger partial charge on any atom is -0.497 e. The largest absolute Gasteiger partial charge is 0.497 e. The molecule has 0 radical (unpaired) electrons. The van der Waals surface area contributed by atoms with Gasteiger partial charge in [-0.3, -0.25) is 14.8 Å². The van der Waals surface area contributed by atoms with Crippen molar-refractivity contribution >= 4 is 5.91 Å². The molecule has 3 aromatic rings. The van der Waals surface area contributed by atoms with Gasteiger partial charge in [0.15, 0.2) is 0 Å². The van der Waals surface area contributed by atoms with Crippen LogP contribution in [0.1, 0.15) is 21.5 Å². The van der Waals surface area contributed by atoms with E-state index in [4.69, 9.17) is 9.47 Å². The fourth-order valence-electron chi connectivity index (χ4n) is 4.83. The Morgan fingerprint density at radius 2 is 1.82 bits per heavy atom. The first-order valence-electron chi connectivity index (χ1n) is 11.5. The maximum Gasteiger partial charge on any atom is 0.253 e. The van der Waals surface area contributed by atoms with Gasteiger partial charge in [-0.1, -0.05) is 12.1 Å². The minimum absolute atomic E-state index is 0.0971. The first-order valence-corrected chi connectivity index (χ1v) is 11.5. The highest BCUT2D eigenvalue weighted by Crippen LogP contribution is 2.38. The van der Waals surface area contributed by atoms with Crippen LogP contribution in [0.15, 0.2) is 42.5 Å². The molecule has 2 aliphatic rings. The van der Waals surface area contributed by atoms with E-state index in [2.05, 4.69) is 27.2 Å². The Labute approximate surface area is 194 Å². The fourth-order valence-corrected chi connectivity index (χ4v) is 4.83. The van der Waals surface area contributed by atoms with E-state index in [9.17, 15) is 4.79 Å². The van der Waals surface area contributed by atoms with Crippen molar-refractivity contribution in [2.45, 2.75) is 12.8 Å². The number of rotatable bonds is 6. The highest BCUT2D eigenvalue weighted by atomic mass is 16.5. The molecule has 0 bridgehead atoms. The number of H-pyrrole nitrogens is 1. The molecule has 2 heterocycles. The van der Waals surface area contributed by atoms with Gasteiger partial charge in [-0.2, -0.15) is 5.10 Å². The minimum atomic E-state index is 0.0971. The number of nitrogens with one attached hydrogen (secondary N) is 1. The number of piperazine rings is 1. The van der Waals surface area contributed by atoms with Gasteiger partial charge in [0.2, 0.25) is 0 Å². The second-order valence-corrected chi connectivity index (χ2v) is 8.65. The SMILES string of the molecule is COCCN1CCN(C(=O)c2ccc(-c3n[nH]c4c3CCc3cc(OC)ccc3-4)cc2)CC1. The van der Waals surface area contributed by atoms with Crippen molar-refractivity contribution in [2.24, 2.45) is 0 Å². The number of amides is 1. The van der Waals surface area contributed by atoms with Gasteiger partial charge < -0.3 is 14.4 Å². The topological polar surface area (TPSA) is 70.7 Å². The number of methoxy groups -OCH3 is 2. The van der Waals surface area contributed by atoms with E-state index in [0.717, 1.165) is 80.4 Å². The Hall–Kier alpha value is -3.16. The van der Waals surface area contributed by atoms with E-state index in [1.54, 1.807) is 14.2 Å². The van der Waals surface area contributed by atoms with Crippen molar-refractivity contribution in [1.29, 1.82) is 0 Å². The molecule has 1 fully saturated rings. The number of hydrogen-bond acceptors (Lipinski definition) is 5. The van der Waals surface area contributed by atoms with Crippen LogP contribution >= 0.6 is 0 Å². The third-order valence-corrected chi connectivity index (χ3v) is 6.77. The van der Waals surface area contributed by atoms with Crippen LogP contribution in [0, 0.1) is 0 Å². The second-order valence-electron chi connectivity index (χ2n) is 8.65. The Morgan fingerprint density at radius 1 is 1.03 bits per heavy atom. The third kappa shape index (κ3) is 4.26. The summed E-state index contributed by atoms with van der Waals surface area (Å²) in [5.74, 6) is 0.980. The van der Waals surface area contributed by atoms with Crippen LogP contribution in [0.3, 0.4) is 0 Å². The van der Waals surface area contributed by atoms with Gasteiger partial charge in [0, 0.05) is 62.1 Å². The molecular formula is C26H30N4O3. The molecule has 2 aromatic carbocycles. The lowest BCUT2D eigenvalue weighted by Gasteiger charge is -2.34. The average Bonchev–Trinajstić information content (AvgIpc) is 3.31. The van der Waals surface area contributed by atoms with Gasteiger partial charge in [0.1, 0.15) is 5.75 Å². The van der Waals surface area contributed by atoms with Crippen LogP contribution in [-0.4, -0.2) is 79.5 Å². The number of hydrogen-bond donors (Lipinski definition) is 1. The van der Waals surface area contributed by atoms with E-state index in [1.807, 2.05) is 35.2 Å². The Balaban J connectivity index is 1.30. The quantitative estimate of drug-likeness (QED) is 0.629. The van der Waals surface area contributed by atoms with Crippen LogP contribution in [0.2, 0.25) is 0 Å². The highest BCUT2D eigenvalue weighted by Gasteiger charge is 2.24. The maximum atomic E-state index is 13.0. The molecule has 1 aliphatic carbocycles. The zero-order chi connectivity index (χ0) is 22.8. The number of aromatic nitrogens is 2. The highest BCUT2D eigenvalue weighted by molar-refractivity contribution is 5.95. The molecule has 1 saturated heterocycles. The van der Waals surface area contributed by atoms with E-state index in [1.165, 1.54) is 16.7 Å². The molecule has 0 atom stereocenters. The van der Waals surface area contributed by atoms with Crippen LogP contribution in [0.25, 0.3) is 22.5 Å². The summed E-state index contributed by atoms with van der Waals surface area (Å²) in [5, 5.41) is 7.89. The van der Waals surface area contributed by atoms with Crippen LogP contribution in [-0.2, 0) is 17.6 Å². The van der Waals surface area contributed by atoms with Crippen LogP contribution in [0.5, 0.6) is 5.75 Å². The zero-order valence-electron chi connectivity index (χ0n) is 19.3. The molecule has 7 nitrogen and oxygen atoms in total. The molecule has 7 heteroatoms. The summed E-state index contributed by atoms with van der Waals surface area (Å²) in [4.78, 5) is 17.3. The summed E-state index contributed by atoms with van der Waals surface area (Å²) in [5.41, 5.74) is 7.51. The summed E-state index contributed by atoms with van der Waals surface area (Å²) in [6.07, 6.45) is 1.88. The Kier molecular flexibility index (Phi) is 6.15. The van der Waals surface area contributed by atoms with E-state index in [-0.39, 0.29) is 5.91 Å². The van der Waals surface area contributed by atoms with Crippen molar-refractivity contribution < 1.29 is 14.3 Å². The van der Waals surface area contributed by atoms with Crippen molar-refractivity contribution in [3.63, 3.8) is 0 Å². The molecule has 1 N–H and O–H groups in total. The van der Waals surface area contributed by atoms with Gasteiger partial charge in [0.05, 0.1) is 25.1 Å². The smallest absolute Gasteiger partial charge is 0.253 e. The van der Waals surface area contributed by atoms with E-state index >= 15 is 0 Å². The zero-order valence-corrected chi connectivity index (χ0v) is 19.3. The molecule has 0 spiro atoms. The number of benzene rings is 2. The van der Waals surface area contributed by atoms with E-state index in [0.29, 0.717) is 0 Å². The lowest BCUT2D eigenvalue weighted by Crippen LogP contribution is -2.49. The number of aryl methyl sites for hydroxylation is 1. The van der Waals surface area contributed by atoms with Crippen molar-refractivity contribution in [3.8, 4) is 28.3 Å². The van der Waals surface area contributed by atoms with Gasteiger partial charge in [0.25, 0.3) is 5.91 Å². The number of ether oxygens (including phenoxy) is 2. The third-order valence-electron chi connectivity index (χ3n) is 6.77. The normalized spacial score (nSPS) is 15.8. The van der Waals surface area contributed by atoms with Crippen LogP contribution < -0.4 is 4.74 Å². The Morgan fingerprint density at radius 3 is 2.55 bits per heavy atom. The number of nitrogens with zero attached hydrogens (tertiary/aromatic N) is 3. The summed E-state index contributed by atoms with van der Waals surface area (Å²) in [6.45, 7) is 4.92. The molecule has 5 rings (SSSR count). The van der Waals surface area contributed by atoms with Crippen molar-refractivity contribution in [1.82, 2.24) is 20.0 Å². The number of aromatic amines is 1. The van der Waals surface area contributed by atoms with Crippen molar-refractivity contribution in [2.75, 3.05) is 53.6 Å². The predicted molar refractivity (Wildman–Crippen MR) is 128 cm³/mol. The lowest BCUT2D eigenvalue weighted by atomic mass is 9.87. The Bertz CT molecular complexity index is 1130. The van der Waals surface area contributed by atoms with Gasteiger partial charge in [-0.05, 0) is 48.7 Å². The number of fused-ring (bicyclic) bond motifs is 3. The fraction of sp³-hybridized carbons (Fsp3) is 0.385. The number of carbonyl (C=O) groups is 1. The summed E-state index contributed by atoms with van der Waals surface area (Å²) in [6, 6.07) is 14.1. The van der Waals surface area contributed by atoms with Crippen molar-refractivity contribution in [3.05, 3.63) is 59.2 Å².